The summed E-state index contributed by atoms with van der Waals surface area (Å²) in [6.45, 7) is -0.299. The lowest BCUT2D eigenvalue weighted by molar-refractivity contribution is -0.143. The summed E-state index contributed by atoms with van der Waals surface area (Å²) >= 11 is 0. The molecule has 4 heteroatoms. The van der Waals surface area contributed by atoms with Crippen LogP contribution in [0.1, 0.15) is 11.5 Å². The number of hydrogen-bond acceptors (Lipinski definition) is 4. The highest BCUT2D eigenvalue weighted by molar-refractivity contribution is 5.79. The molecular weight excluding hydrogens is 196 g/mol. The topological polar surface area (TPSA) is 55.8 Å². The van der Waals surface area contributed by atoms with E-state index >= 15 is 0 Å². The van der Waals surface area contributed by atoms with E-state index < -0.39 is 11.9 Å². The largest absolute Gasteiger partial charge is 0.496 e. The van der Waals surface area contributed by atoms with Crippen molar-refractivity contribution in [2.45, 2.75) is 5.92 Å². The molecule has 0 saturated carbocycles. The van der Waals surface area contributed by atoms with Crippen LogP contribution in [0.2, 0.25) is 0 Å². The van der Waals surface area contributed by atoms with Gasteiger partial charge in [0.25, 0.3) is 0 Å². The van der Waals surface area contributed by atoms with Crippen molar-refractivity contribution < 1.29 is 19.4 Å². The van der Waals surface area contributed by atoms with Crippen LogP contribution in [0.25, 0.3) is 0 Å². The van der Waals surface area contributed by atoms with Crippen molar-refractivity contribution in [1.82, 2.24) is 0 Å². The van der Waals surface area contributed by atoms with Gasteiger partial charge in [-0.1, -0.05) is 18.2 Å². The summed E-state index contributed by atoms with van der Waals surface area (Å²) in [7, 11) is 2.81. The molecule has 0 radical (unpaired) electrons. The Bertz CT molecular complexity index is 335. The Hall–Kier alpha value is -1.55. The van der Waals surface area contributed by atoms with E-state index in [2.05, 4.69) is 4.74 Å². The highest BCUT2D eigenvalue weighted by Gasteiger charge is 2.23. The maximum atomic E-state index is 11.4. The summed E-state index contributed by atoms with van der Waals surface area (Å²) in [4.78, 5) is 11.4. The van der Waals surface area contributed by atoms with Crippen LogP contribution < -0.4 is 4.74 Å². The molecule has 0 aliphatic heterocycles. The Morgan fingerprint density at radius 2 is 2.07 bits per heavy atom. The molecule has 0 heterocycles. The Labute approximate surface area is 88.4 Å². The number of esters is 1. The fourth-order valence-corrected chi connectivity index (χ4v) is 1.40. The second-order valence-corrected chi connectivity index (χ2v) is 3.00. The molecule has 0 fully saturated rings. The van der Waals surface area contributed by atoms with Gasteiger partial charge in [-0.25, -0.2) is 0 Å². The summed E-state index contributed by atoms with van der Waals surface area (Å²) in [6.07, 6.45) is 0. The molecule has 1 rings (SSSR count). The SMILES string of the molecule is COC(=O)C(CO)c1ccccc1OC. The first-order chi connectivity index (χ1) is 7.24. The van der Waals surface area contributed by atoms with Crippen LogP contribution in [0.3, 0.4) is 0 Å². The first kappa shape index (κ1) is 11.5. The molecular formula is C11H14O4. The van der Waals surface area contributed by atoms with Gasteiger partial charge < -0.3 is 14.6 Å². The Morgan fingerprint density at radius 3 is 2.60 bits per heavy atom. The summed E-state index contributed by atoms with van der Waals surface area (Å²) in [6, 6.07) is 7.05. The molecule has 1 unspecified atom stereocenters. The van der Waals surface area contributed by atoms with Crippen molar-refractivity contribution in [3.63, 3.8) is 0 Å². The molecule has 0 aromatic heterocycles. The van der Waals surface area contributed by atoms with Crippen LogP contribution in [0.15, 0.2) is 24.3 Å². The number of carbonyl (C=O) groups is 1. The van der Waals surface area contributed by atoms with Gasteiger partial charge in [0.05, 0.1) is 20.8 Å². The molecule has 0 spiro atoms. The average Bonchev–Trinajstić information content (AvgIpc) is 2.30. The molecule has 15 heavy (non-hydrogen) atoms. The van der Waals surface area contributed by atoms with E-state index in [1.807, 2.05) is 0 Å². The predicted molar refractivity (Wildman–Crippen MR) is 54.8 cm³/mol. The molecule has 0 saturated heterocycles. The van der Waals surface area contributed by atoms with E-state index in [0.29, 0.717) is 11.3 Å². The summed E-state index contributed by atoms with van der Waals surface area (Å²) in [5.74, 6) is -0.588. The van der Waals surface area contributed by atoms with Gasteiger partial charge in [-0.3, -0.25) is 4.79 Å². The van der Waals surface area contributed by atoms with E-state index in [9.17, 15) is 4.79 Å². The van der Waals surface area contributed by atoms with Gasteiger partial charge in [-0.15, -0.1) is 0 Å². The zero-order chi connectivity index (χ0) is 11.3. The van der Waals surface area contributed by atoms with Crippen LogP contribution in [0, 0.1) is 0 Å². The lowest BCUT2D eigenvalue weighted by atomic mass is 9.99. The zero-order valence-electron chi connectivity index (χ0n) is 8.77. The summed E-state index contributed by atoms with van der Waals surface area (Å²) in [5.41, 5.74) is 0.634. The highest BCUT2D eigenvalue weighted by Crippen LogP contribution is 2.26. The minimum absolute atomic E-state index is 0.299. The van der Waals surface area contributed by atoms with Gasteiger partial charge >= 0.3 is 5.97 Å². The number of methoxy groups -OCH3 is 2. The van der Waals surface area contributed by atoms with Gasteiger partial charge in [-0.2, -0.15) is 0 Å². The number of ether oxygens (including phenoxy) is 2. The monoisotopic (exact) mass is 210 g/mol. The van der Waals surface area contributed by atoms with Gasteiger partial charge in [0.15, 0.2) is 0 Å². The quantitative estimate of drug-likeness (QED) is 0.751. The zero-order valence-corrected chi connectivity index (χ0v) is 8.77. The molecule has 1 atom stereocenters. The average molecular weight is 210 g/mol. The molecule has 0 bridgehead atoms. The van der Waals surface area contributed by atoms with E-state index in [1.165, 1.54) is 14.2 Å². The fourth-order valence-electron chi connectivity index (χ4n) is 1.40. The summed E-state index contributed by atoms with van der Waals surface area (Å²) < 4.78 is 9.71. The van der Waals surface area contributed by atoms with Gasteiger partial charge in [-0.05, 0) is 6.07 Å². The van der Waals surface area contributed by atoms with Crippen molar-refractivity contribution in [2.75, 3.05) is 20.8 Å². The lowest BCUT2D eigenvalue weighted by Crippen LogP contribution is -2.18. The van der Waals surface area contributed by atoms with Crippen LogP contribution >= 0.6 is 0 Å². The van der Waals surface area contributed by atoms with Gasteiger partial charge in [0.1, 0.15) is 11.7 Å². The predicted octanol–water partition coefficient (Wildman–Crippen LogP) is 0.944. The second kappa shape index (κ2) is 5.36. The second-order valence-electron chi connectivity index (χ2n) is 3.00. The van der Waals surface area contributed by atoms with E-state index in [-0.39, 0.29) is 6.61 Å². The number of benzene rings is 1. The standard InChI is InChI=1S/C11H14O4/c1-14-10-6-4-3-5-8(10)9(7-12)11(13)15-2/h3-6,9,12H,7H2,1-2H3. The van der Waals surface area contributed by atoms with E-state index in [0.717, 1.165) is 0 Å². The number of hydrogen-bond donors (Lipinski definition) is 1. The van der Waals surface area contributed by atoms with Crippen molar-refractivity contribution in [3.8, 4) is 5.75 Å². The molecule has 82 valence electrons. The van der Waals surface area contributed by atoms with Crippen molar-refractivity contribution >= 4 is 5.97 Å². The van der Waals surface area contributed by atoms with Gasteiger partial charge in [0.2, 0.25) is 0 Å². The normalized spacial score (nSPS) is 11.9. The maximum absolute atomic E-state index is 11.4. The highest BCUT2D eigenvalue weighted by atomic mass is 16.5. The third kappa shape index (κ3) is 2.47. The van der Waals surface area contributed by atoms with Crippen molar-refractivity contribution in [3.05, 3.63) is 29.8 Å². The third-order valence-electron chi connectivity index (χ3n) is 2.18. The van der Waals surface area contributed by atoms with Crippen LogP contribution in [-0.4, -0.2) is 31.9 Å². The van der Waals surface area contributed by atoms with Crippen molar-refractivity contribution in [2.24, 2.45) is 0 Å². The van der Waals surface area contributed by atoms with E-state index in [4.69, 9.17) is 9.84 Å². The van der Waals surface area contributed by atoms with Crippen molar-refractivity contribution in [1.29, 1.82) is 0 Å². The van der Waals surface area contributed by atoms with E-state index in [1.54, 1.807) is 24.3 Å². The number of para-hydroxylation sites is 1. The van der Waals surface area contributed by atoms with Crippen LogP contribution in [-0.2, 0) is 9.53 Å². The Morgan fingerprint density at radius 1 is 1.40 bits per heavy atom. The van der Waals surface area contributed by atoms with Gasteiger partial charge in [0, 0.05) is 5.56 Å². The fraction of sp³-hybridized carbons (Fsp3) is 0.364. The van der Waals surface area contributed by atoms with Crippen LogP contribution in [0.5, 0.6) is 5.75 Å². The van der Waals surface area contributed by atoms with Crippen LogP contribution in [0.4, 0.5) is 0 Å². The molecule has 0 amide bonds. The Balaban J connectivity index is 3.05. The Kier molecular flexibility index (Phi) is 4.12. The number of aliphatic hydroxyl groups excluding tert-OH is 1. The lowest BCUT2D eigenvalue weighted by Gasteiger charge is -2.15. The number of rotatable bonds is 4. The molecule has 0 aliphatic carbocycles. The molecule has 1 aromatic carbocycles. The maximum Gasteiger partial charge on any atom is 0.315 e. The minimum Gasteiger partial charge on any atom is -0.496 e. The molecule has 1 aromatic rings. The first-order valence-corrected chi connectivity index (χ1v) is 4.56. The molecule has 0 aliphatic rings. The summed E-state index contributed by atoms with van der Waals surface area (Å²) in [5, 5.41) is 9.14. The number of carbonyl (C=O) groups excluding carboxylic acids is 1. The molecule has 1 N–H and O–H groups in total. The minimum atomic E-state index is -0.689. The smallest absolute Gasteiger partial charge is 0.315 e. The number of aliphatic hydroxyl groups is 1. The first-order valence-electron chi connectivity index (χ1n) is 4.56. The molecule has 4 nitrogen and oxygen atoms in total. The third-order valence-corrected chi connectivity index (χ3v) is 2.18.